The van der Waals surface area contributed by atoms with Crippen molar-refractivity contribution in [2.75, 3.05) is 32.8 Å². The minimum Gasteiger partial charge on any atom is -0.466 e. The highest BCUT2D eigenvalue weighted by Crippen LogP contribution is 2.20. The van der Waals surface area contributed by atoms with E-state index in [-0.39, 0.29) is 18.3 Å². The van der Waals surface area contributed by atoms with E-state index < -0.39 is 0 Å². The van der Waals surface area contributed by atoms with Gasteiger partial charge in [0.1, 0.15) is 5.69 Å². The van der Waals surface area contributed by atoms with Crippen LogP contribution in [0.2, 0.25) is 0 Å². The smallest absolute Gasteiger partial charge is 0.307 e. The second-order valence-electron chi connectivity index (χ2n) is 7.52. The van der Waals surface area contributed by atoms with Gasteiger partial charge in [0, 0.05) is 30.9 Å². The number of carbonyl (C=O) groups excluding carboxylic acids is 2. The van der Waals surface area contributed by atoms with Crippen molar-refractivity contribution in [3.05, 3.63) is 52.0 Å². The maximum atomic E-state index is 13.3. The maximum Gasteiger partial charge on any atom is 0.307 e. The molecule has 1 saturated heterocycles. The first-order valence-corrected chi connectivity index (χ1v) is 11.7. The van der Waals surface area contributed by atoms with Crippen molar-refractivity contribution < 1.29 is 14.3 Å². The lowest BCUT2D eigenvalue weighted by atomic mass is 10.1. The number of likely N-dealkylation sites (N-methyl/N-ethyl adjacent to an activating group) is 1. The van der Waals surface area contributed by atoms with E-state index in [9.17, 15) is 9.59 Å². The lowest BCUT2D eigenvalue weighted by Gasteiger charge is -2.29. The SMILES string of the molecule is CCOC(=O)CCN(CC1CCCN1CC)C(=O)c1csc(Cc2ccccc2)n1. The maximum absolute atomic E-state index is 13.3. The molecule has 162 valence electrons. The standard InChI is InChI=1S/C23H31N3O3S/c1-3-25-13-8-11-19(25)16-26(14-12-22(27)29-4-2)23(28)20-17-30-21(24-20)15-18-9-6-5-7-10-18/h5-7,9-10,17,19H,3-4,8,11-16H2,1-2H3. The molecule has 1 atom stereocenters. The molecule has 3 rings (SSSR count). The first kappa shape index (κ1) is 22.4. The number of hydrogen-bond donors (Lipinski definition) is 0. The summed E-state index contributed by atoms with van der Waals surface area (Å²) < 4.78 is 5.06. The van der Waals surface area contributed by atoms with Gasteiger partial charge in [-0.15, -0.1) is 11.3 Å². The lowest BCUT2D eigenvalue weighted by Crippen LogP contribution is -2.44. The summed E-state index contributed by atoms with van der Waals surface area (Å²) in [5.74, 6) is -0.366. The molecular weight excluding hydrogens is 398 g/mol. The molecule has 0 radical (unpaired) electrons. The fourth-order valence-corrected chi connectivity index (χ4v) is 4.73. The van der Waals surface area contributed by atoms with Gasteiger partial charge in [-0.1, -0.05) is 37.3 Å². The topological polar surface area (TPSA) is 62.7 Å². The number of carbonyl (C=O) groups is 2. The van der Waals surface area contributed by atoms with E-state index in [1.807, 2.05) is 23.6 Å². The average molecular weight is 430 g/mol. The third kappa shape index (κ3) is 6.12. The number of ether oxygens (including phenoxy) is 1. The summed E-state index contributed by atoms with van der Waals surface area (Å²) in [6.07, 6.45) is 3.15. The molecular formula is C23H31N3O3S. The van der Waals surface area contributed by atoms with Crippen LogP contribution in [0.25, 0.3) is 0 Å². The molecule has 1 amide bonds. The van der Waals surface area contributed by atoms with Gasteiger partial charge in [-0.25, -0.2) is 4.98 Å². The van der Waals surface area contributed by atoms with E-state index in [1.165, 1.54) is 16.9 Å². The van der Waals surface area contributed by atoms with Crippen LogP contribution < -0.4 is 0 Å². The molecule has 1 aromatic carbocycles. The van der Waals surface area contributed by atoms with Crippen molar-refractivity contribution in [3.8, 4) is 0 Å². The van der Waals surface area contributed by atoms with Crippen LogP contribution in [0.5, 0.6) is 0 Å². The molecule has 0 bridgehead atoms. The zero-order valence-electron chi connectivity index (χ0n) is 17.9. The molecule has 30 heavy (non-hydrogen) atoms. The van der Waals surface area contributed by atoms with Crippen LogP contribution in [0, 0.1) is 0 Å². The molecule has 1 fully saturated rings. The number of thiazole rings is 1. The molecule has 0 saturated carbocycles. The zero-order chi connectivity index (χ0) is 21.3. The molecule has 1 aromatic heterocycles. The van der Waals surface area contributed by atoms with Gasteiger partial charge < -0.3 is 9.64 Å². The van der Waals surface area contributed by atoms with Crippen molar-refractivity contribution in [3.63, 3.8) is 0 Å². The van der Waals surface area contributed by atoms with E-state index in [2.05, 4.69) is 28.9 Å². The Kier molecular flexibility index (Phi) is 8.39. The van der Waals surface area contributed by atoms with Crippen LogP contribution in [0.3, 0.4) is 0 Å². The van der Waals surface area contributed by atoms with Gasteiger partial charge in [0.15, 0.2) is 0 Å². The third-order valence-corrected chi connectivity index (χ3v) is 6.33. The van der Waals surface area contributed by atoms with E-state index in [4.69, 9.17) is 4.74 Å². The van der Waals surface area contributed by atoms with Crippen LogP contribution in [0.4, 0.5) is 0 Å². The number of nitrogens with zero attached hydrogens (tertiary/aromatic N) is 3. The first-order valence-electron chi connectivity index (χ1n) is 10.8. The Bertz CT molecular complexity index is 824. The van der Waals surface area contributed by atoms with E-state index in [0.29, 0.717) is 37.9 Å². The van der Waals surface area contributed by atoms with Gasteiger partial charge in [-0.05, 0) is 38.4 Å². The Labute approximate surface area is 182 Å². The van der Waals surface area contributed by atoms with Crippen molar-refractivity contribution in [2.24, 2.45) is 0 Å². The predicted octanol–water partition coefficient (Wildman–Crippen LogP) is 3.61. The minimum atomic E-state index is -0.267. The van der Waals surface area contributed by atoms with Crippen LogP contribution in [0.1, 0.15) is 54.2 Å². The highest BCUT2D eigenvalue weighted by atomic mass is 32.1. The summed E-state index contributed by atoms with van der Waals surface area (Å²) >= 11 is 1.51. The predicted molar refractivity (Wildman–Crippen MR) is 119 cm³/mol. The molecule has 0 spiro atoms. The molecule has 6 nitrogen and oxygen atoms in total. The lowest BCUT2D eigenvalue weighted by molar-refractivity contribution is -0.143. The van der Waals surface area contributed by atoms with E-state index >= 15 is 0 Å². The summed E-state index contributed by atoms with van der Waals surface area (Å²) in [6, 6.07) is 10.5. The van der Waals surface area contributed by atoms with Gasteiger partial charge in [0.05, 0.1) is 18.0 Å². The molecule has 1 unspecified atom stereocenters. The van der Waals surface area contributed by atoms with E-state index in [1.54, 1.807) is 11.8 Å². The largest absolute Gasteiger partial charge is 0.466 e. The van der Waals surface area contributed by atoms with Crippen molar-refractivity contribution >= 4 is 23.2 Å². The number of rotatable bonds is 10. The molecule has 1 aliphatic heterocycles. The van der Waals surface area contributed by atoms with Crippen LogP contribution in [-0.2, 0) is 16.0 Å². The summed E-state index contributed by atoms with van der Waals surface area (Å²) in [5.41, 5.74) is 1.64. The number of aromatic nitrogens is 1. The van der Waals surface area contributed by atoms with Gasteiger partial charge >= 0.3 is 5.97 Å². The Morgan fingerprint density at radius 2 is 2.07 bits per heavy atom. The Hall–Kier alpha value is -2.25. The summed E-state index contributed by atoms with van der Waals surface area (Å²) in [5, 5.41) is 2.76. The van der Waals surface area contributed by atoms with Gasteiger partial charge in [0.2, 0.25) is 0 Å². The number of amides is 1. The van der Waals surface area contributed by atoms with Crippen LogP contribution >= 0.6 is 11.3 Å². The van der Waals surface area contributed by atoms with Gasteiger partial charge in [-0.3, -0.25) is 14.5 Å². The monoisotopic (exact) mass is 429 g/mol. The first-order chi connectivity index (χ1) is 14.6. The molecule has 0 aliphatic carbocycles. The quantitative estimate of drug-likeness (QED) is 0.540. The molecule has 0 N–H and O–H groups in total. The van der Waals surface area contributed by atoms with Crippen molar-refractivity contribution in [2.45, 2.75) is 45.6 Å². The highest BCUT2D eigenvalue weighted by molar-refractivity contribution is 7.09. The fourth-order valence-electron chi connectivity index (χ4n) is 3.93. The summed E-state index contributed by atoms with van der Waals surface area (Å²) in [4.78, 5) is 33.9. The van der Waals surface area contributed by atoms with E-state index in [0.717, 1.165) is 30.9 Å². The Morgan fingerprint density at radius 1 is 1.27 bits per heavy atom. The number of esters is 1. The second kappa shape index (κ2) is 11.2. The van der Waals surface area contributed by atoms with Gasteiger partial charge in [-0.2, -0.15) is 0 Å². The normalized spacial score (nSPS) is 16.5. The molecule has 7 heteroatoms. The zero-order valence-corrected chi connectivity index (χ0v) is 18.7. The van der Waals surface area contributed by atoms with Crippen molar-refractivity contribution in [1.82, 2.24) is 14.8 Å². The summed E-state index contributed by atoms with van der Waals surface area (Å²) in [6.45, 7) is 7.33. The summed E-state index contributed by atoms with van der Waals surface area (Å²) in [7, 11) is 0. The van der Waals surface area contributed by atoms with Crippen molar-refractivity contribution in [1.29, 1.82) is 0 Å². The third-order valence-electron chi connectivity index (χ3n) is 5.48. The molecule has 2 aromatic rings. The average Bonchev–Trinajstić information content (AvgIpc) is 3.40. The highest BCUT2D eigenvalue weighted by Gasteiger charge is 2.28. The minimum absolute atomic E-state index is 0.0992. The number of hydrogen-bond acceptors (Lipinski definition) is 6. The second-order valence-corrected chi connectivity index (χ2v) is 8.46. The Balaban J connectivity index is 1.69. The van der Waals surface area contributed by atoms with Gasteiger partial charge in [0.25, 0.3) is 5.91 Å². The Morgan fingerprint density at radius 3 is 2.80 bits per heavy atom. The molecule has 1 aliphatic rings. The number of benzene rings is 1. The van der Waals surface area contributed by atoms with Crippen LogP contribution in [-0.4, -0.2) is 65.5 Å². The molecule has 2 heterocycles. The fraction of sp³-hybridized carbons (Fsp3) is 0.522. The van der Waals surface area contributed by atoms with Crippen LogP contribution in [0.15, 0.2) is 35.7 Å². The number of likely N-dealkylation sites (tertiary alicyclic amines) is 1.